The van der Waals surface area contributed by atoms with Crippen LogP contribution in [0.4, 0.5) is 0 Å². The van der Waals surface area contributed by atoms with Gasteiger partial charge in [-0.25, -0.2) is 0 Å². The van der Waals surface area contributed by atoms with Crippen LogP contribution in [0.2, 0.25) is 0 Å². The molecule has 0 bridgehead atoms. The standard InChI is InChI=1S/C18H19N3O3/c1-22-15-6-4-13(5-7-15)16-3-2-9-21(16)11-17-19-18(20-24-17)14-8-10-23-12-14/h4-8,10,12,16H,2-3,9,11H2,1H3/t16-/m1/s1. The van der Waals surface area contributed by atoms with Crippen LogP contribution in [0.25, 0.3) is 11.4 Å². The summed E-state index contributed by atoms with van der Waals surface area (Å²) in [6.45, 7) is 1.68. The average Bonchev–Trinajstić information content (AvgIpc) is 3.37. The normalized spacial score (nSPS) is 18.1. The summed E-state index contributed by atoms with van der Waals surface area (Å²) in [5.74, 6) is 2.08. The molecule has 1 atom stereocenters. The highest BCUT2D eigenvalue weighted by atomic mass is 16.5. The number of ether oxygens (including phenoxy) is 1. The first kappa shape index (κ1) is 15.0. The number of methoxy groups -OCH3 is 1. The highest BCUT2D eigenvalue weighted by molar-refractivity contribution is 5.51. The Morgan fingerprint density at radius 2 is 2.12 bits per heavy atom. The maximum absolute atomic E-state index is 5.41. The largest absolute Gasteiger partial charge is 0.497 e. The monoisotopic (exact) mass is 325 g/mol. The molecule has 0 saturated carbocycles. The minimum Gasteiger partial charge on any atom is -0.497 e. The second-order valence-corrected chi connectivity index (χ2v) is 5.93. The van der Waals surface area contributed by atoms with E-state index in [0.717, 1.165) is 24.3 Å². The highest BCUT2D eigenvalue weighted by Gasteiger charge is 2.27. The molecule has 6 nitrogen and oxygen atoms in total. The van der Waals surface area contributed by atoms with E-state index in [1.165, 1.54) is 12.0 Å². The quantitative estimate of drug-likeness (QED) is 0.713. The van der Waals surface area contributed by atoms with Gasteiger partial charge < -0.3 is 13.7 Å². The van der Waals surface area contributed by atoms with Crippen molar-refractivity contribution in [2.45, 2.75) is 25.4 Å². The van der Waals surface area contributed by atoms with Gasteiger partial charge in [0.15, 0.2) is 0 Å². The number of aromatic nitrogens is 2. The maximum atomic E-state index is 5.41. The molecule has 1 aliphatic heterocycles. The smallest absolute Gasteiger partial charge is 0.241 e. The van der Waals surface area contributed by atoms with Gasteiger partial charge in [0.05, 0.1) is 25.5 Å². The second kappa shape index (κ2) is 6.49. The molecular weight excluding hydrogens is 306 g/mol. The summed E-state index contributed by atoms with van der Waals surface area (Å²) in [7, 11) is 1.68. The number of hydrogen-bond donors (Lipinski definition) is 0. The van der Waals surface area contributed by atoms with Crippen LogP contribution in [0.1, 0.15) is 30.3 Å². The van der Waals surface area contributed by atoms with Crippen molar-refractivity contribution in [2.75, 3.05) is 13.7 Å². The van der Waals surface area contributed by atoms with Gasteiger partial charge in [0.1, 0.15) is 12.0 Å². The van der Waals surface area contributed by atoms with Crippen LogP contribution in [-0.4, -0.2) is 28.7 Å². The first-order chi connectivity index (χ1) is 11.8. The summed E-state index contributed by atoms with van der Waals surface area (Å²) in [5.41, 5.74) is 2.13. The van der Waals surface area contributed by atoms with Crippen LogP contribution in [0.15, 0.2) is 51.8 Å². The predicted molar refractivity (Wildman–Crippen MR) is 87.4 cm³/mol. The number of benzene rings is 1. The molecule has 124 valence electrons. The van der Waals surface area contributed by atoms with E-state index >= 15 is 0 Å². The Hall–Kier alpha value is -2.60. The van der Waals surface area contributed by atoms with Crippen LogP contribution in [-0.2, 0) is 6.54 Å². The van der Waals surface area contributed by atoms with E-state index in [2.05, 4.69) is 27.2 Å². The lowest BCUT2D eigenvalue weighted by Gasteiger charge is -2.23. The predicted octanol–water partition coefficient (Wildman–Crippen LogP) is 3.68. The van der Waals surface area contributed by atoms with Crippen molar-refractivity contribution in [2.24, 2.45) is 0 Å². The molecule has 2 aromatic heterocycles. The van der Waals surface area contributed by atoms with Gasteiger partial charge in [-0.15, -0.1) is 0 Å². The van der Waals surface area contributed by atoms with Crippen molar-refractivity contribution >= 4 is 0 Å². The zero-order valence-corrected chi connectivity index (χ0v) is 13.5. The van der Waals surface area contributed by atoms with E-state index < -0.39 is 0 Å². The Labute approximate surface area is 140 Å². The Kier molecular flexibility index (Phi) is 4.04. The lowest BCUT2D eigenvalue weighted by atomic mass is 10.0. The minimum absolute atomic E-state index is 0.375. The molecule has 1 fully saturated rings. The fourth-order valence-corrected chi connectivity index (χ4v) is 3.22. The van der Waals surface area contributed by atoms with Crippen molar-refractivity contribution in [3.63, 3.8) is 0 Å². The zero-order valence-electron chi connectivity index (χ0n) is 13.5. The third-order valence-corrected chi connectivity index (χ3v) is 4.45. The first-order valence-electron chi connectivity index (χ1n) is 8.06. The molecule has 0 amide bonds. The third kappa shape index (κ3) is 2.92. The Balaban J connectivity index is 1.49. The molecule has 1 aliphatic rings. The number of rotatable bonds is 5. The van der Waals surface area contributed by atoms with Crippen molar-refractivity contribution < 1.29 is 13.7 Å². The van der Waals surface area contributed by atoms with Gasteiger partial charge in [-0.3, -0.25) is 4.90 Å². The summed E-state index contributed by atoms with van der Waals surface area (Å²) < 4.78 is 15.7. The summed E-state index contributed by atoms with van der Waals surface area (Å²) >= 11 is 0. The molecule has 6 heteroatoms. The van der Waals surface area contributed by atoms with E-state index in [9.17, 15) is 0 Å². The fraction of sp³-hybridized carbons (Fsp3) is 0.333. The summed E-state index contributed by atoms with van der Waals surface area (Å²) in [5, 5.41) is 4.03. The van der Waals surface area contributed by atoms with E-state index in [-0.39, 0.29) is 0 Å². The van der Waals surface area contributed by atoms with Gasteiger partial charge in [0.25, 0.3) is 0 Å². The van der Waals surface area contributed by atoms with Crippen LogP contribution in [0.5, 0.6) is 5.75 Å². The average molecular weight is 325 g/mol. The molecule has 3 heterocycles. The molecule has 0 unspecified atom stereocenters. The fourth-order valence-electron chi connectivity index (χ4n) is 3.22. The Bertz CT molecular complexity index is 780. The second-order valence-electron chi connectivity index (χ2n) is 5.93. The topological polar surface area (TPSA) is 64.5 Å². The SMILES string of the molecule is COc1ccc([C@H]2CCCN2Cc2nc(-c3ccoc3)no2)cc1. The van der Waals surface area contributed by atoms with Gasteiger partial charge >= 0.3 is 0 Å². The molecule has 0 spiro atoms. The van der Waals surface area contributed by atoms with E-state index in [1.54, 1.807) is 19.6 Å². The van der Waals surface area contributed by atoms with Gasteiger partial charge in [-0.05, 0) is 43.1 Å². The number of hydrogen-bond acceptors (Lipinski definition) is 6. The van der Waals surface area contributed by atoms with Gasteiger partial charge in [0.2, 0.25) is 11.7 Å². The lowest BCUT2D eigenvalue weighted by molar-refractivity contribution is 0.212. The van der Waals surface area contributed by atoms with Crippen molar-refractivity contribution in [3.8, 4) is 17.1 Å². The molecule has 0 N–H and O–H groups in total. The van der Waals surface area contributed by atoms with Gasteiger partial charge in [0, 0.05) is 6.04 Å². The molecule has 1 aromatic carbocycles. The number of nitrogens with zero attached hydrogens (tertiary/aromatic N) is 3. The number of furan rings is 1. The summed E-state index contributed by atoms with van der Waals surface area (Å²) in [6, 6.07) is 10.5. The Morgan fingerprint density at radius 1 is 1.25 bits per heavy atom. The molecule has 0 aliphatic carbocycles. The lowest BCUT2D eigenvalue weighted by Crippen LogP contribution is -2.22. The Morgan fingerprint density at radius 3 is 2.88 bits per heavy atom. The van der Waals surface area contributed by atoms with E-state index in [0.29, 0.717) is 24.3 Å². The summed E-state index contributed by atoms with van der Waals surface area (Å²) in [6.07, 6.45) is 5.52. The van der Waals surface area contributed by atoms with E-state index in [4.69, 9.17) is 13.7 Å². The van der Waals surface area contributed by atoms with Crippen molar-refractivity contribution in [3.05, 3.63) is 54.3 Å². The third-order valence-electron chi connectivity index (χ3n) is 4.45. The maximum Gasteiger partial charge on any atom is 0.241 e. The molecule has 1 saturated heterocycles. The van der Waals surface area contributed by atoms with Crippen LogP contribution >= 0.6 is 0 Å². The van der Waals surface area contributed by atoms with E-state index in [1.807, 2.05) is 18.2 Å². The molecule has 4 rings (SSSR count). The van der Waals surface area contributed by atoms with Crippen LogP contribution in [0.3, 0.4) is 0 Å². The van der Waals surface area contributed by atoms with Gasteiger partial charge in [-0.1, -0.05) is 17.3 Å². The van der Waals surface area contributed by atoms with Crippen molar-refractivity contribution in [1.82, 2.24) is 15.0 Å². The first-order valence-corrected chi connectivity index (χ1v) is 8.06. The molecular formula is C18H19N3O3. The molecule has 0 radical (unpaired) electrons. The summed E-state index contributed by atoms with van der Waals surface area (Å²) in [4.78, 5) is 6.86. The van der Waals surface area contributed by atoms with Crippen molar-refractivity contribution in [1.29, 1.82) is 0 Å². The highest BCUT2D eigenvalue weighted by Crippen LogP contribution is 2.33. The zero-order chi connectivity index (χ0) is 16.4. The molecule has 24 heavy (non-hydrogen) atoms. The minimum atomic E-state index is 0.375. The van der Waals surface area contributed by atoms with Gasteiger partial charge in [-0.2, -0.15) is 4.98 Å². The molecule has 3 aromatic rings. The number of likely N-dealkylation sites (tertiary alicyclic amines) is 1. The van der Waals surface area contributed by atoms with Crippen LogP contribution in [0, 0.1) is 0 Å². The van der Waals surface area contributed by atoms with Crippen LogP contribution < -0.4 is 4.74 Å².